The third-order valence-corrected chi connectivity index (χ3v) is 6.05. The van der Waals surface area contributed by atoms with E-state index in [9.17, 15) is 4.79 Å². The van der Waals surface area contributed by atoms with Gasteiger partial charge in [-0.1, -0.05) is 37.6 Å². The summed E-state index contributed by atoms with van der Waals surface area (Å²) < 4.78 is 0. The molecule has 3 aromatic rings. The number of aromatic nitrogens is 1. The molecule has 138 valence electrons. The molecule has 2 aliphatic heterocycles. The van der Waals surface area contributed by atoms with Crippen LogP contribution in [0.2, 0.25) is 0 Å². The molecule has 1 spiro atoms. The molecule has 0 bridgehead atoms. The smallest absolute Gasteiger partial charge is 0.299 e. The number of carbonyl (C=O) groups excluding carboxylic acids is 1. The highest BCUT2D eigenvalue weighted by atomic mass is 16.2. The van der Waals surface area contributed by atoms with Crippen LogP contribution in [0.3, 0.4) is 0 Å². The number of para-hydroxylation sites is 1. The van der Waals surface area contributed by atoms with Crippen molar-refractivity contribution in [1.82, 2.24) is 4.98 Å². The van der Waals surface area contributed by atoms with Gasteiger partial charge in [-0.05, 0) is 42.7 Å². The number of nitrogens with one attached hydrogen (secondary N) is 1. The maximum absolute atomic E-state index is 13.9. The van der Waals surface area contributed by atoms with Crippen LogP contribution in [-0.2, 0) is 16.8 Å². The summed E-state index contributed by atoms with van der Waals surface area (Å²) in [6.45, 7) is 8.14. The van der Waals surface area contributed by atoms with Crippen LogP contribution >= 0.6 is 0 Å². The minimum atomic E-state index is -0.675. The number of aryl methyl sites for hydroxylation is 1. The molecule has 27 heavy (non-hydrogen) atoms. The molecule has 0 radical (unpaired) electrons. The highest BCUT2D eigenvalue weighted by Gasteiger charge is 2.59. The lowest BCUT2D eigenvalue weighted by atomic mass is 9.82. The minimum absolute atomic E-state index is 0.196. The van der Waals surface area contributed by atoms with Crippen LogP contribution in [0.5, 0.6) is 0 Å². The second-order valence-corrected chi connectivity index (χ2v) is 8.41. The van der Waals surface area contributed by atoms with E-state index in [-0.39, 0.29) is 5.91 Å². The van der Waals surface area contributed by atoms with Crippen LogP contribution in [0.1, 0.15) is 36.2 Å². The van der Waals surface area contributed by atoms with Crippen LogP contribution in [0, 0.1) is 12.8 Å². The molecule has 3 heterocycles. The second kappa shape index (κ2) is 5.70. The molecule has 4 nitrogen and oxygen atoms in total. The highest BCUT2D eigenvalue weighted by Crippen LogP contribution is 2.45. The number of carbonyl (C=O) groups is 1. The number of hydrogen-bond acceptors (Lipinski definition) is 1. The first-order chi connectivity index (χ1) is 13.0. The fraction of sp³-hybridized carbons (Fsp3) is 0.348. The molecule has 0 saturated carbocycles. The fourth-order valence-electron chi connectivity index (χ4n) is 4.96. The van der Waals surface area contributed by atoms with Crippen molar-refractivity contribution in [2.75, 3.05) is 18.0 Å². The zero-order valence-electron chi connectivity index (χ0n) is 16.2. The average molecular weight is 360 g/mol. The van der Waals surface area contributed by atoms with E-state index in [1.807, 2.05) is 11.0 Å². The van der Waals surface area contributed by atoms with Gasteiger partial charge >= 0.3 is 0 Å². The van der Waals surface area contributed by atoms with Crippen molar-refractivity contribution >= 4 is 22.5 Å². The molecule has 3 N–H and O–H groups in total. The van der Waals surface area contributed by atoms with E-state index >= 15 is 0 Å². The summed E-state index contributed by atoms with van der Waals surface area (Å²) in [7, 11) is 0. The molecule has 5 rings (SSSR count). The third kappa shape index (κ3) is 2.16. The molecule has 1 aromatic heterocycles. The van der Waals surface area contributed by atoms with E-state index in [0.717, 1.165) is 42.0 Å². The molecule has 1 amide bonds. The quantitative estimate of drug-likeness (QED) is 0.725. The van der Waals surface area contributed by atoms with Gasteiger partial charge in [0.05, 0.1) is 23.5 Å². The normalized spacial score (nSPS) is 21.3. The van der Waals surface area contributed by atoms with Gasteiger partial charge in [-0.2, -0.15) is 0 Å². The largest absolute Gasteiger partial charge is 0.352 e. The summed E-state index contributed by atoms with van der Waals surface area (Å²) in [6, 6.07) is 14.9. The standard InChI is InChI=1S/C23H25N3O/c1-14(2)13-26-20-7-5-4-6-18(20)23(22(26)27)21-16(10-11-24-23)17-12-15(3)8-9-19(17)25-21/h4-9,12,14,24-25H,10-11,13H2,1-3H3/p+1/t23-/m0/s1. The number of amides is 1. The van der Waals surface area contributed by atoms with Crippen LogP contribution in [0.25, 0.3) is 10.9 Å². The van der Waals surface area contributed by atoms with Crippen LogP contribution < -0.4 is 10.2 Å². The van der Waals surface area contributed by atoms with Crippen molar-refractivity contribution in [3.05, 3.63) is 64.8 Å². The van der Waals surface area contributed by atoms with Gasteiger partial charge in [0.15, 0.2) is 0 Å². The average Bonchev–Trinajstić information content (AvgIpc) is 3.13. The Balaban J connectivity index is 1.79. The topological polar surface area (TPSA) is 52.7 Å². The number of anilines is 1. The third-order valence-electron chi connectivity index (χ3n) is 6.05. The number of nitrogens with zero attached hydrogens (tertiary/aromatic N) is 1. The highest BCUT2D eigenvalue weighted by molar-refractivity contribution is 6.09. The van der Waals surface area contributed by atoms with Gasteiger partial charge in [-0.25, -0.2) is 0 Å². The first-order valence-electron chi connectivity index (χ1n) is 9.90. The van der Waals surface area contributed by atoms with E-state index in [1.54, 1.807) is 0 Å². The summed E-state index contributed by atoms with van der Waals surface area (Å²) >= 11 is 0. The van der Waals surface area contributed by atoms with Gasteiger partial charge in [-0.3, -0.25) is 4.79 Å². The van der Waals surface area contributed by atoms with Gasteiger partial charge in [0.25, 0.3) is 5.91 Å². The van der Waals surface area contributed by atoms with Crippen molar-refractivity contribution in [3.63, 3.8) is 0 Å². The number of hydrogen-bond donors (Lipinski definition) is 2. The molecular formula is C23H26N3O+. The number of rotatable bonds is 2. The summed E-state index contributed by atoms with van der Waals surface area (Å²) in [5.41, 5.74) is 6.30. The zero-order valence-corrected chi connectivity index (χ0v) is 16.2. The maximum atomic E-state index is 13.9. The van der Waals surface area contributed by atoms with E-state index in [1.165, 1.54) is 16.5 Å². The molecular weight excluding hydrogens is 334 g/mol. The number of H-pyrrole nitrogens is 1. The second-order valence-electron chi connectivity index (χ2n) is 8.41. The van der Waals surface area contributed by atoms with Crippen molar-refractivity contribution in [3.8, 4) is 0 Å². The van der Waals surface area contributed by atoms with E-state index in [2.05, 4.69) is 67.5 Å². The van der Waals surface area contributed by atoms with Gasteiger partial charge in [0, 0.05) is 23.9 Å². The lowest BCUT2D eigenvalue weighted by Gasteiger charge is -2.31. The number of quaternary nitrogens is 1. The Bertz CT molecular complexity index is 1060. The first-order valence-corrected chi connectivity index (χ1v) is 9.90. The monoisotopic (exact) mass is 360 g/mol. The molecule has 2 aliphatic rings. The van der Waals surface area contributed by atoms with Crippen molar-refractivity contribution in [2.24, 2.45) is 5.92 Å². The lowest BCUT2D eigenvalue weighted by Crippen LogP contribution is -2.99. The first kappa shape index (κ1) is 16.6. The molecule has 0 unspecified atom stereocenters. The van der Waals surface area contributed by atoms with Crippen molar-refractivity contribution in [2.45, 2.75) is 32.7 Å². The Labute approximate surface area is 159 Å². The van der Waals surface area contributed by atoms with Gasteiger partial charge in [0.1, 0.15) is 0 Å². The Morgan fingerprint density at radius 1 is 1.22 bits per heavy atom. The minimum Gasteiger partial charge on any atom is -0.352 e. The molecule has 0 fully saturated rings. The predicted molar refractivity (Wildman–Crippen MR) is 108 cm³/mol. The van der Waals surface area contributed by atoms with Gasteiger partial charge in [-0.15, -0.1) is 0 Å². The van der Waals surface area contributed by atoms with Crippen LogP contribution in [0.15, 0.2) is 42.5 Å². The Hall–Kier alpha value is -2.59. The lowest BCUT2D eigenvalue weighted by molar-refractivity contribution is -0.714. The number of fused-ring (bicyclic) bond motifs is 6. The Kier molecular flexibility index (Phi) is 3.50. The molecule has 2 aromatic carbocycles. The SMILES string of the molecule is Cc1ccc2[nH]c3c(c2c1)CC[NH2+][C@]31C(=O)N(CC(C)C)c2ccccc21. The molecule has 0 saturated heterocycles. The zero-order chi connectivity index (χ0) is 18.8. The molecule has 0 aliphatic carbocycles. The predicted octanol–water partition coefficient (Wildman–Crippen LogP) is 2.84. The van der Waals surface area contributed by atoms with Crippen molar-refractivity contribution in [1.29, 1.82) is 0 Å². The Morgan fingerprint density at radius 2 is 2.04 bits per heavy atom. The fourth-order valence-corrected chi connectivity index (χ4v) is 4.96. The number of nitrogens with two attached hydrogens (primary N) is 1. The molecule has 4 heteroatoms. The van der Waals surface area contributed by atoms with Crippen LogP contribution in [-0.4, -0.2) is 24.0 Å². The van der Waals surface area contributed by atoms with E-state index in [4.69, 9.17) is 0 Å². The van der Waals surface area contributed by atoms with Crippen LogP contribution in [0.4, 0.5) is 5.69 Å². The van der Waals surface area contributed by atoms with E-state index < -0.39 is 5.54 Å². The van der Waals surface area contributed by atoms with Gasteiger partial charge in [0.2, 0.25) is 5.54 Å². The summed E-state index contributed by atoms with van der Waals surface area (Å²) in [5, 5.41) is 3.52. The summed E-state index contributed by atoms with van der Waals surface area (Å²) in [6.07, 6.45) is 0.986. The maximum Gasteiger partial charge on any atom is 0.299 e. The van der Waals surface area contributed by atoms with Gasteiger partial charge < -0.3 is 15.2 Å². The number of benzene rings is 2. The Morgan fingerprint density at radius 3 is 2.85 bits per heavy atom. The molecule has 1 atom stereocenters. The summed E-state index contributed by atoms with van der Waals surface area (Å²) in [5.74, 6) is 0.618. The van der Waals surface area contributed by atoms with Crippen molar-refractivity contribution < 1.29 is 10.1 Å². The number of aromatic amines is 1. The van der Waals surface area contributed by atoms with E-state index in [0.29, 0.717) is 5.92 Å². The summed E-state index contributed by atoms with van der Waals surface area (Å²) in [4.78, 5) is 19.5.